The predicted molar refractivity (Wildman–Crippen MR) is 78.1 cm³/mol. The topological polar surface area (TPSA) is 49.0 Å². The lowest BCUT2D eigenvalue weighted by atomic mass is 9.98. The van der Waals surface area contributed by atoms with Gasteiger partial charge in [-0.15, -0.1) is 0 Å². The minimum atomic E-state index is -0.156. The second kappa shape index (κ2) is 3.98. The fraction of sp³-hybridized carbons (Fsp3) is 0.294. The van der Waals surface area contributed by atoms with Gasteiger partial charge in [-0.3, -0.25) is 4.79 Å². The number of benzene rings is 1. The molecule has 1 aromatic carbocycles. The van der Waals surface area contributed by atoms with Gasteiger partial charge in [0.2, 0.25) is 0 Å². The van der Waals surface area contributed by atoms with Gasteiger partial charge in [0.05, 0.1) is 23.7 Å². The number of carbonyl (C=O) groups excluding carboxylic acids is 1. The van der Waals surface area contributed by atoms with Crippen molar-refractivity contribution in [2.24, 2.45) is 0 Å². The Morgan fingerprint density at radius 1 is 1.33 bits per heavy atom. The molecule has 1 spiro atoms. The van der Waals surface area contributed by atoms with E-state index in [1.165, 1.54) is 5.56 Å². The summed E-state index contributed by atoms with van der Waals surface area (Å²) >= 11 is 0. The van der Waals surface area contributed by atoms with E-state index in [1.54, 1.807) is 0 Å². The summed E-state index contributed by atoms with van der Waals surface area (Å²) in [4.78, 5) is 14.6. The van der Waals surface area contributed by atoms with Crippen molar-refractivity contribution in [1.82, 2.24) is 9.47 Å². The Morgan fingerprint density at radius 2 is 2.14 bits per heavy atom. The highest BCUT2D eigenvalue weighted by atomic mass is 16.2. The first-order valence-corrected chi connectivity index (χ1v) is 7.14. The van der Waals surface area contributed by atoms with Crippen LogP contribution >= 0.6 is 0 Å². The molecule has 1 aliphatic heterocycles. The van der Waals surface area contributed by atoms with Gasteiger partial charge in [-0.25, -0.2) is 0 Å². The van der Waals surface area contributed by atoms with Gasteiger partial charge < -0.3 is 9.47 Å². The molecular formula is C17H15N3O. The summed E-state index contributed by atoms with van der Waals surface area (Å²) in [6.45, 7) is 0. The quantitative estimate of drug-likeness (QED) is 0.804. The average molecular weight is 277 g/mol. The van der Waals surface area contributed by atoms with Crippen LogP contribution in [-0.2, 0) is 12.0 Å². The molecule has 0 unspecified atom stereocenters. The summed E-state index contributed by atoms with van der Waals surface area (Å²) in [5.74, 6) is 0.0653. The molecule has 0 atom stereocenters. The van der Waals surface area contributed by atoms with Crippen LogP contribution in [0.2, 0.25) is 0 Å². The number of nitriles is 1. The van der Waals surface area contributed by atoms with E-state index >= 15 is 0 Å². The molecule has 1 aliphatic carbocycles. The zero-order chi connectivity index (χ0) is 14.6. The summed E-state index contributed by atoms with van der Waals surface area (Å²) in [5.41, 5.74) is 3.75. The van der Waals surface area contributed by atoms with E-state index < -0.39 is 0 Å². The van der Waals surface area contributed by atoms with Crippen LogP contribution < -0.4 is 0 Å². The Morgan fingerprint density at radius 3 is 2.86 bits per heavy atom. The second-order valence-electron chi connectivity index (χ2n) is 5.85. The average Bonchev–Trinajstić information content (AvgIpc) is 3.16. The summed E-state index contributed by atoms with van der Waals surface area (Å²) in [7, 11) is 1.89. The van der Waals surface area contributed by atoms with Crippen LogP contribution in [-0.4, -0.2) is 22.4 Å². The van der Waals surface area contributed by atoms with E-state index in [4.69, 9.17) is 5.26 Å². The molecule has 1 amide bonds. The first kappa shape index (κ1) is 12.2. The SMILES string of the molecule is CN1C(=O)c2cccn2-c2cc(CC#N)ccc2C12CC2. The zero-order valence-electron chi connectivity index (χ0n) is 11.8. The Labute approximate surface area is 123 Å². The molecule has 1 fully saturated rings. The Balaban J connectivity index is 2.01. The molecule has 0 N–H and O–H groups in total. The van der Waals surface area contributed by atoms with E-state index in [1.807, 2.05) is 40.9 Å². The number of aromatic nitrogens is 1. The van der Waals surface area contributed by atoms with E-state index in [0.717, 1.165) is 24.1 Å². The molecule has 104 valence electrons. The maximum atomic E-state index is 12.7. The van der Waals surface area contributed by atoms with E-state index in [9.17, 15) is 4.79 Å². The third-order valence-electron chi connectivity index (χ3n) is 4.74. The third kappa shape index (κ3) is 1.52. The van der Waals surface area contributed by atoms with Crippen LogP contribution in [0.3, 0.4) is 0 Å². The number of hydrogen-bond acceptors (Lipinski definition) is 2. The number of rotatable bonds is 1. The van der Waals surface area contributed by atoms with Crippen molar-refractivity contribution in [3.05, 3.63) is 53.3 Å². The molecule has 1 aromatic heterocycles. The van der Waals surface area contributed by atoms with Gasteiger partial charge in [0.1, 0.15) is 5.69 Å². The monoisotopic (exact) mass is 277 g/mol. The van der Waals surface area contributed by atoms with Crippen LogP contribution in [0.1, 0.15) is 34.5 Å². The molecule has 0 radical (unpaired) electrons. The zero-order valence-corrected chi connectivity index (χ0v) is 11.8. The molecule has 4 heteroatoms. The predicted octanol–water partition coefficient (Wildman–Crippen LogP) is 2.62. The van der Waals surface area contributed by atoms with Crippen molar-refractivity contribution < 1.29 is 4.79 Å². The van der Waals surface area contributed by atoms with Gasteiger partial charge in [-0.2, -0.15) is 5.26 Å². The van der Waals surface area contributed by atoms with Gasteiger partial charge in [0.15, 0.2) is 0 Å². The van der Waals surface area contributed by atoms with Crippen LogP contribution in [0.4, 0.5) is 0 Å². The van der Waals surface area contributed by atoms with Gasteiger partial charge in [-0.1, -0.05) is 12.1 Å². The number of carbonyl (C=O) groups is 1. The molecule has 4 rings (SSSR count). The summed E-state index contributed by atoms with van der Waals surface area (Å²) in [6.07, 6.45) is 4.33. The summed E-state index contributed by atoms with van der Waals surface area (Å²) in [6, 6.07) is 12.1. The number of amides is 1. The Kier molecular flexibility index (Phi) is 2.32. The minimum absolute atomic E-state index is 0.0653. The van der Waals surface area contributed by atoms with Crippen LogP contribution in [0.15, 0.2) is 36.5 Å². The van der Waals surface area contributed by atoms with Crippen molar-refractivity contribution >= 4 is 5.91 Å². The van der Waals surface area contributed by atoms with E-state index in [-0.39, 0.29) is 11.4 Å². The first-order valence-electron chi connectivity index (χ1n) is 7.14. The van der Waals surface area contributed by atoms with E-state index in [2.05, 4.69) is 18.2 Å². The normalized spacial score (nSPS) is 17.9. The molecule has 21 heavy (non-hydrogen) atoms. The Hall–Kier alpha value is -2.54. The third-order valence-corrected chi connectivity index (χ3v) is 4.74. The molecule has 2 aromatic rings. The standard InChI is InChI=1S/C17H15N3O/c1-19-16(21)14-3-2-10-20(14)15-11-12(6-9-18)4-5-13(15)17(19)7-8-17/h2-5,10-11H,6-8H2,1H3. The minimum Gasteiger partial charge on any atom is -0.331 e. The van der Waals surface area contributed by atoms with Crippen LogP contribution in [0.5, 0.6) is 0 Å². The van der Waals surface area contributed by atoms with Gasteiger partial charge in [-0.05, 0) is 36.6 Å². The molecule has 0 bridgehead atoms. The molecule has 0 saturated heterocycles. The number of hydrogen-bond donors (Lipinski definition) is 0. The van der Waals surface area contributed by atoms with Crippen molar-refractivity contribution in [1.29, 1.82) is 5.26 Å². The van der Waals surface area contributed by atoms with Crippen LogP contribution in [0.25, 0.3) is 5.69 Å². The lowest BCUT2D eigenvalue weighted by Gasteiger charge is -2.27. The van der Waals surface area contributed by atoms with Crippen molar-refractivity contribution in [2.45, 2.75) is 24.8 Å². The van der Waals surface area contributed by atoms with E-state index in [0.29, 0.717) is 12.1 Å². The highest BCUT2D eigenvalue weighted by Gasteiger charge is 2.53. The van der Waals surface area contributed by atoms with Crippen LogP contribution in [0, 0.1) is 11.3 Å². The fourth-order valence-corrected chi connectivity index (χ4v) is 3.41. The van der Waals surface area contributed by atoms with Crippen molar-refractivity contribution in [3.8, 4) is 11.8 Å². The van der Waals surface area contributed by atoms with Gasteiger partial charge >= 0.3 is 0 Å². The smallest absolute Gasteiger partial charge is 0.271 e. The maximum absolute atomic E-state index is 12.7. The number of fused-ring (bicyclic) bond motifs is 4. The fourth-order valence-electron chi connectivity index (χ4n) is 3.41. The Bertz CT molecular complexity index is 793. The van der Waals surface area contributed by atoms with Gasteiger partial charge in [0.25, 0.3) is 5.91 Å². The highest BCUT2D eigenvalue weighted by Crippen LogP contribution is 2.54. The number of nitrogens with zero attached hydrogens (tertiary/aromatic N) is 3. The van der Waals surface area contributed by atoms with Crippen molar-refractivity contribution in [2.75, 3.05) is 7.05 Å². The van der Waals surface area contributed by atoms with Crippen molar-refractivity contribution in [3.63, 3.8) is 0 Å². The summed E-state index contributed by atoms with van der Waals surface area (Å²) in [5, 5.41) is 8.91. The second-order valence-corrected chi connectivity index (χ2v) is 5.85. The summed E-state index contributed by atoms with van der Waals surface area (Å²) < 4.78 is 1.96. The molecule has 4 nitrogen and oxygen atoms in total. The highest BCUT2D eigenvalue weighted by molar-refractivity contribution is 5.95. The lowest BCUT2D eigenvalue weighted by Crippen LogP contribution is -2.36. The van der Waals surface area contributed by atoms with Gasteiger partial charge in [0, 0.05) is 18.8 Å². The first-order chi connectivity index (χ1) is 10.2. The molecular weight excluding hydrogens is 262 g/mol. The largest absolute Gasteiger partial charge is 0.331 e. The lowest BCUT2D eigenvalue weighted by molar-refractivity contribution is 0.0705. The molecule has 1 saturated carbocycles. The maximum Gasteiger partial charge on any atom is 0.271 e. The molecule has 2 aliphatic rings. The molecule has 2 heterocycles.